The van der Waals surface area contributed by atoms with Crippen LogP contribution in [-0.4, -0.2) is 27.1 Å². The Labute approximate surface area is 55.6 Å². The van der Waals surface area contributed by atoms with Crippen LogP contribution in [0, 0.1) is 0 Å². The fourth-order valence-electron chi connectivity index (χ4n) is 0. The van der Waals surface area contributed by atoms with Gasteiger partial charge in [-0.15, -0.1) is 0 Å². The normalized spacial score (nSPS) is 4.40. The molecule has 5 heavy (non-hydrogen) atoms. The predicted octanol–water partition coefficient (Wildman–Crippen LogP) is -7.63. The van der Waals surface area contributed by atoms with E-state index in [1.54, 1.807) is 0 Å². The molecule has 0 saturated heterocycles. The van der Waals surface area contributed by atoms with Crippen molar-refractivity contribution >= 4 is 27.1 Å². The van der Waals surface area contributed by atoms with E-state index in [4.69, 9.17) is 0 Å². The van der Waals surface area contributed by atoms with Crippen LogP contribution in [0.2, 0.25) is 0 Å². The van der Waals surface area contributed by atoms with Crippen LogP contribution < -0.4 is 24.8 Å². The zero-order valence-corrected chi connectivity index (χ0v) is 7.41. The van der Waals surface area contributed by atoms with Crippen molar-refractivity contribution < 1.29 is 28.3 Å². The predicted molar refractivity (Wildman–Crippen MR) is 16.8 cm³/mol. The Morgan fingerprint density at radius 3 is 1.40 bits per heavy atom. The summed E-state index contributed by atoms with van der Waals surface area (Å²) in [5.74, 6) is 0. The summed E-state index contributed by atoms with van der Waals surface area (Å²) in [6.07, 6.45) is 0. The smallest absolute Gasteiger partial charge is 1.00 e. The first-order chi connectivity index (χ1) is 1.41. The number of halogens is 2. The first-order valence-corrected chi connectivity index (χ1v) is 1.93. The summed E-state index contributed by atoms with van der Waals surface area (Å²) in [5, 5.41) is 0. The third kappa shape index (κ3) is 34.4. The average Bonchev–Trinajstić information content (AvgIpc) is 0.918. The summed E-state index contributed by atoms with van der Waals surface area (Å²) in [5.41, 5.74) is 0. The van der Waals surface area contributed by atoms with Crippen molar-refractivity contribution in [2.24, 2.45) is 0 Å². The molecule has 0 atom stereocenters. The molecular weight excluding hydrogens is 142 g/mol. The molecule has 1 nitrogen and oxygen atoms in total. The maximum absolute atomic E-state index is 4.31. The fraction of sp³-hybridized carbons (Fsp3) is 0. The van der Waals surface area contributed by atoms with Crippen LogP contribution in [0.4, 0.5) is 0 Å². The third-order valence-electron chi connectivity index (χ3n) is 0. The molecule has 0 aliphatic carbocycles. The first-order valence-electron chi connectivity index (χ1n) is 0.644. The third-order valence-corrected chi connectivity index (χ3v) is 0. The standard InChI is InChI=1S/Al.2ClH.H3OSi/c;;;1-2/h;2*1H;2H3/q+3;;;-1/p-2. The van der Waals surface area contributed by atoms with Gasteiger partial charge in [0.15, 0.2) is 0 Å². The molecular formula is H3AlCl2OSi. The van der Waals surface area contributed by atoms with Gasteiger partial charge in [-0.05, 0) is 0 Å². The van der Waals surface area contributed by atoms with Crippen molar-refractivity contribution in [2.45, 2.75) is 0 Å². The van der Waals surface area contributed by atoms with Gasteiger partial charge in [0, 0.05) is 0 Å². The van der Waals surface area contributed by atoms with Gasteiger partial charge < -0.3 is 24.8 Å². The minimum atomic E-state index is 0. The first kappa shape index (κ1) is 16.3. The van der Waals surface area contributed by atoms with E-state index in [0.29, 0.717) is 0 Å². The zero-order chi connectivity index (χ0) is 2.71. The SMILES string of the molecule is [Al+2][O][SiH3].[Cl-].[Cl-]. The van der Waals surface area contributed by atoms with Crippen LogP contribution in [0.25, 0.3) is 0 Å². The minimum absolute atomic E-state index is 0. The van der Waals surface area contributed by atoms with Crippen molar-refractivity contribution in [3.8, 4) is 0 Å². The summed E-state index contributed by atoms with van der Waals surface area (Å²) >= 11 is 2.14. The Balaban J connectivity index is -0.0000000200. The van der Waals surface area contributed by atoms with Gasteiger partial charge in [0.05, 0.1) is 0 Å². The largest absolute Gasteiger partial charge is 1.00 e. The van der Waals surface area contributed by atoms with Gasteiger partial charge in [-0.2, -0.15) is 0 Å². The quantitative estimate of drug-likeness (QED) is 0.308. The summed E-state index contributed by atoms with van der Waals surface area (Å²) in [6, 6.07) is 0. The average molecular weight is 145 g/mol. The number of rotatable bonds is 0. The Morgan fingerprint density at radius 1 is 1.40 bits per heavy atom. The molecule has 0 unspecified atom stereocenters. The van der Waals surface area contributed by atoms with Crippen LogP contribution in [0.1, 0.15) is 0 Å². The van der Waals surface area contributed by atoms with Crippen LogP contribution in [-0.2, 0) is 3.48 Å². The van der Waals surface area contributed by atoms with Crippen molar-refractivity contribution in [2.75, 3.05) is 0 Å². The fourth-order valence-corrected chi connectivity index (χ4v) is 0. The van der Waals surface area contributed by atoms with Gasteiger partial charge in [0.25, 0.3) is 0 Å². The molecule has 0 radical (unpaired) electrons. The maximum atomic E-state index is 4.31. The van der Waals surface area contributed by atoms with E-state index in [1.807, 2.05) is 0 Å². The molecule has 0 spiro atoms. The van der Waals surface area contributed by atoms with E-state index >= 15 is 0 Å². The van der Waals surface area contributed by atoms with Crippen molar-refractivity contribution in [3.63, 3.8) is 0 Å². The van der Waals surface area contributed by atoms with Gasteiger partial charge in [-0.25, -0.2) is 0 Å². The van der Waals surface area contributed by atoms with E-state index in [9.17, 15) is 0 Å². The van der Waals surface area contributed by atoms with Crippen LogP contribution in [0.5, 0.6) is 0 Å². The molecule has 0 aromatic rings. The van der Waals surface area contributed by atoms with Crippen LogP contribution in [0.15, 0.2) is 0 Å². The summed E-state index contributed by atoms with van der Waals surface area (Å²) < 4.78 is 4.31. The van der Waals surface area contributed by atoms with E-state index < -0.39 is 0 Å². The van der Waals surface area contributed by atoms with Gasteiger partial charge in [0.1, 0.15) is 0 Å². The second-order valence-corrected chi connectivity index (χ2v) is 2.12. The molecule has 0 amide bonds. The summed E-state index contributed by atoms with van der Waals surface area (Å²) in [4.78, 5) is 0. The Bertz CT molecular complexity index is 9.61. The molecule has 0 fully saturated rings. The van der Waals surface area contributed by atoms with Gasteiger partial charge >= 0.3 is 30.6 Å². The molecule has 0 N–H and O–H groups in total. The molecule has 0 bridgehead atoms. The molecule has 0 aliphatic heterocycles. The second-order valence-electron chi connectivity index (χ2n) is 0.236. The monoisotopic (exact) mass is 144 g/mol. The topological polar surface area (TPSA) is 9.23 Å². The van der Waals surface area contributed by atoms with Crippen LogP contribution >= 0.6 is 0 Å². The second kappa shape index (κ2) is 18.6. The molecule has 30 valence electrons. The molecule has 5 heteroatoms. The molecule has 0 aliphatic rings. The summed E-state index contributed by atoms with van der Waals surface area (Å²) in [6.45, 7) is 0. The van der Waals surface area contributed by atoms with E-state index in [2.05, 4.69) is 20.1 Å². The number of hydrogen-bond donors (Lipinski definition) is 0. The van der Waals surface area contributed by atoms with E-state index in [1.165, 1.54) is 0 Å². The van der Waals surface area contributed by atoms with Crippen LogP contribution in [0.3, 0.4) is 0 Å². The van der Waals surface area contributed by atoms with Crippen molar-refractivity contribution in [3.05, 3.63) is 0 Å². The Kier molecular flexibility index (Phi) is 60.4. The van der Waals surface area contributed by atoms with E-state index in [-0.39, 0.29) is 24.8 Å². The Hall–Kier alpha value is 1.29. The molecule has 0 saturated carbocycles. The minimum Gasteiger partial charge on any atom is -1.00 e. The summed E-state index contributed by atoms with van der Waals surface area (Å²) in [7, 11) is 0.832. The zero-order valence-electron chi connectivity index (χ0n) is 2.74. The van der Waals surface area contributed by atoms with Gasteiger partial charge in [-0.3, -0.25) is 0 Å². The molecule has 0 heterocycles. The maximum Gasteiger partial charge on any atom is -1.00 e. The van der Waals surface area contributed by atoms with Crippen molar-refractivity contribution in [1.82, 2.24) is 0 Å². The van der Waals surface area contributed by atoms with Crippen molar-refractivity contribution in [1.29, 1.82) is 0 Å². The van der Waals surface area contributed by atoms with Gasteiger partial charge in [0.2, 0.25) is 0 Å². The number of hydrogen-bond acceptors (Lipinski definition) is 1. The molecule has 0 rings (SSSR count). The molecule has 0 aromatic carbocycles. The molecule has 0 aromatic heterocycles. The Morgan fingerprint density at radius 2 is 1.40 bits per heavy atom. The van der Waals surface area contributed by atoms with Gasteiger partial charge in [-0.1, -0.05) is 0 Å². The van der Waals surface area contributed by atoms with E-state index in [0.717, 1.165) is 10.5 Å².